The molecule has 2 heterocycles. The van der Waals surface area contributed by atoms with Gasteiger partial charge in [0.15, 0.2) is 5.11 Å². The maximum absolute atomic E-state index is 5.31. The quantitative estimate of drug-likeness (QED) is 0.797. The summed E-state index contributed by atoms with van der Waals surface area (Å²) < 4.78 is 0. The predicted molar refractivity (Wildman–Crippen MR) is 78.8 cm³/mol. The van der Waals surface area contributed by atoms with E-state index >= 15 is 0 Å². The summed E-state index contributed by atoms with van der Waals surface area (Å²) >= 11 is 5.31. The number of thiocarbonyl (C=S) groups is 1. The molecule has 5 heteroatoms. The number of hydrogen-bond acceptors (Lipinski definition) is 3. The number of piperidine rings is 1. The summed E-state index contributed by atoms with van der Waals surface area (Å²) in [5, 5.41) is 7.17. The van der Waals surface area contributed by atoms with Crippen molar-refractivity contribution in [2.75, 3.05) is 25.5 Å². The molecule has 1 aliphatic heterocycles. The van der Waals surface area contributed by atoms with E-state index in [1.54, 1.807) is 0 Å². The Morgan fingerprint density at radius 1 is 1.39 bits per heavy atom. The van der Waals surface area contributed by atoms with E-state index < -0.39 is 0 Å². The van der Waals surface area contributed by atoms with E-state index in [4.69, 9.17) is 12.2 Å². The second kappa shape index (κ2) is 6.11. The molecule has 0 amide bonds. The van der Waals surface area contributed by atoms with Crippen LogP contribution in [0, 0.1) is 6.92 Å². The zero-order valence-corrected chi connectivity index (χ0v) is 11.8. The summed E-state index contributed by atoms with van der Waals surface area (Å²) in [6.45, 7) is 4.23. The van der Waals surface area contributed by atoms with Crippen molar-refractivity contribution in [1.82, 2.24) is 15.2 Å². The first-order chi connectivity index (χ1) is 8.63. The fourth-order valence-electron chi connectivity index (χ4n) is 2.10. The Hall–Kier alpha value is -1.20. The Labute approximate surface area is 114 Å². The molecule has 1 fully saturated rings. The summed E-state index contributed by atoms with van der Waals surface area (Å²) in [7, 11) is 2.16. The average Bonchev–Trinajstić information content (AvgIpc) is 2.32. The molecule has 1 aliphatic rings. The van der Waals surface area contributed by atoms with Crippen LogP contribution in [0.15, 0.2) is 18.2 Å². The third-order valence-corrected chi connectivity index (χ3v) is 3.40. The topological polar surface area (TPSA) is 40.2 Å². The summed E-state index contributed by atoms with van der Waals surface area (Å²) in [5.41, 5.74) is 0.988. The fraction of sp³-hybridized carbons (Fsp3) is 0.538. The van der Waals surface area contributed by atoms with Crippen LogP contribution in [0.3, 0.4) is 0 Å². The Kier molecular flexibility index (Phi) is 4.49. The van der Waals surface area contributed by atoms with Crippen LogP contribution in [0.4, 0.5) is 5.82 Å². The molecule has 0 spiro atoms. The zero-order chi connectivity index (χ0) is 13.0. The van der Waals surface area contributed by atoms with Crippen molar-refractivity contribution in [3.05, 3.63) is 23.9 Å². The highest BCUT2D eigenvalue weighted by atomic mass is 32.1. The van der Waals surface area contributed by atoms with Crippen molar-refractivity contribution in [2.24, 2.45) is 0 Å². The maximum atomic E-state index is 5.31. The van der Waals surface area contributed by atoms with Crippen molar-refractivity contribution in [3.8, 4) is 0 Å². The molecule has 0 saturated carbocycles. The molecular formula is C13H20N4S. The van der Waals surface area contributed by atoms with E-state index in [1.165, 1.54) is 0 Å². The normalized spacial score (nSPS) is 17.4. The number of aromatic nitrogens is 1. The Balaban J connectivity index is 1.82. The summed E-state index contributed by atoms with van der Waals surface area (Å²) in [6.07, 6.45) is 2.28. The number of hydrogen-bond donors (Lipinski definition) is 2. The lowest BCUT2D eigenvalue weighted by Gasteiger charge is -2.30. The van der Waals surface area contributed by atoms with Gasteiger partial charge in [0.05, 0.1) is 0 Å². The lowest BCUT2D eigenvalue weighted by atomic mass is 10.1. The average molecular weight is 264 g/mol. The second-order valence-corrected chi connectivity index (χ2v) is 5.25. The van der Waals surface area contributed by atoms with Crippen LogP contribution >= 0.6 is 12.2 Å². The van der Waals surface area contributed by atoms with Gasteiger partial charge < -0.3 is 15.5 Å². The molecule has 2 N–H and O–H groups in total. The minimum absolute atomic E-state index is 0.478. The van der Waals surface area contributed by atoms with Crippen LogP contribution in [0.5, 0.6) is 0 Å². The highest BCUT2D eigenvalue weighted by Crippen LogP contribution is 2.09. The monoisotopic (exact) mass is 264 g/mol. The molecule has 0 bridgehead atoms. The Morgan fingerprint density at radius 2 is 2.11 bits per heavy atom. The zero-order valence-electron chi connectivity index (χ0n) is 10.9. The standard InChI is InChI=1S/C13H20N4S/c1-10-4-3-5-12(14-10)16-13(18)15-11-6-8-17(2)9-7-11/h3-5,11H,6-9H2,1-2H3,(H2,14,15,16,18). The van der Waals surface area contributed by atoms with Crippen molar-refractivity contribution in [3.63, 3.8) is 0 Å². The van der Waals surface area contributed by atoms with Gasteiger partial charge in [0, 0.05) is 11.7 Å². The lowest BCUT2D eigenvalue weighted by Crippen LogP contribution is -2.44. The van der Waals surface area contributed by atoms with Crippen molar-refractivity contribution in [2.45, 2.75) is 25.8 Å². The van der Waals surface area contributed by atoms with Gasteiger partial charge in [-0.25, -0.2) is 4.98 Å². The van der Waals surface area contributed by atoms with Crippen LogP contribution in [0.25, 0.3) is 0 Å². The number of rotatable bonds is 2. The molecule has 0 aromatic carbocycles. The first kappa shape index (κ1) is 13.2. The van der Waals surface area contributed by atoms with E-state index in [0.717, 1.165) is 37.4 Å². The third kappa shape index (κ3) is 3.92. The van der Waals surface area contributed by atoms with Crippen LogP contribution in [0.2, 0.25) is 0 Å². The second-order valence-electron chi connectivity index (χ2n) is 4.84. The predicted octanol–water partition coefficient (Wildman–Crippen LogP) is 1.77. The fourth-order valence-corrected chi connectivity index (χ4v) is 2.37. The van der Waals surface area contributed by atoms with E-state index in [9.17, 15) is 0 Å². The molecule has 0 unspecified atom stereocenters. The number of nitrogens with one attached hydrogen (secondary N) is 2. The highest BCUT2D eigenvalue weighted by Gasteiger charge is 2.17. The number of pyridine rings is 1. The van der Waals surface area contributed by atoms with Crippen LogP contribution in [-0.4, -0.2) is 41.2 Å². The summed E-state index contributed by atoms with van der Waals surface area (Å²) in [6, 6.07) is 6.35. The van der Waals surface area contributed by atoms with Gasteiger partial charge in [-0.05, 0) is 64.3 Å². The first-order valence-electron chi connectivity index (χ1n) is 6.33. The van der Waals surface area contributed by atoms with Crippen molar-refractivity contribution >= 4 is 23.1 Å². The molecule has 0 radical (unpaired) electrons. The van der Waals surface area contributed by atoms with Gasteiger partial charge in [-0.3, -0.25) is 0 Å². The SMILES string of the molecule is Cc1cccc(NC(=S)NC2CCN(C)CC2)n1. The largest absolute Gasteiger partial charge is 0.360 e. The number of anilines is 1. The first-order valence-corrected chi connectivity index (χ1v) is 6.74. The van der Waals surface area contributed by atoms with Crippen molar-refractivity contribution < 1.29 is 0 Å². The van der Waals surface area contributed by atoms with Gasteiger partial charge in [0.1, 0.15) is 5.82 Å². The molecule has 1 saturated heterocycles. The van der Waals surface area contributed by atoms with E-state index in [0.29, 0.717) is 11.2 Å². The van der Waals surface area contributed by atoms with Gasteiger partial charge in [-0.1, -0.05) is 6.07 Å². The number of likely N-dealkylation sites (tertiary alicyclic amines) is 1. The van der Waals surface area contributed by atoms with E-state index in [1.807, 2.05) is 25.1 Å². The number of aryl methyl sites for hydroxylation is 1. The molecule has 2 rings (SSSR count). The highest BCUT2D eigenvalue weighted by molar-refractivity contribution is 7.80. The Bertz CT molecular complexity index is 413. The molecule has 98 valence electrons. The van der Waals surface area contributed by atoms with Crippen molar-refractivity contribution in [1.29, 1.82) is 0 Å². The van der Waals surface area contributed by atoms with Crippen LogP contribution in [0.1, 0.15) is 18.5 Å². The smallest absolute Gasteiger partial charge is 0.172 e. The molecule has 1 aromatic heterocycles. The molecule has 4 nitrogen and oxygen atoms in total. The minimum atomic E-state index is 0.478. The minimum Gasteiger partial charge on any atom is -0.360 e. The van der Waals surface area contributed by atoms with Gasteiger partial charge in [-0.15, -0.1) is 0 Å². The molecule has 0 atom stereocenters. The van der Waals surface area contributed by atoms with Gasteiger partial charge in [-0.2, -0.15) is 0 Å². The molecule has 0 aliphatic carbocycles. The lowest BCUT2D eigenvalue weighted by molar-refractivity contribution is 0.247. The summed E-state index contributed by atoms with van der Waals surface area (Å²) in [4.78, 5) is 6.72. The van der Waals surface area contributed by atoms with Gasteiger partial charge in [0.2, 0.25) is 0 Å². The Morgan fingerprint density at radius 3 is 2.78 bits per heavy atom. The van der Waals surface area contributed by atoms with Crippen LogP contribution < -0.4 is 10.6 Å². The number of nitrogens with zero attached hydrogens (tertiary/aromatic N) is 2. The van der Waals surface area contributed by atoms with E-state index in [2.05, 4.69) is 27.6 Å². The molecule has 1 aromatic rings. The van der Waals surface area contributed by atoms with Gasteiger partial charge >= 0.3 is 0 Å². The molecular weight excluding hydrogens is 244 g/mol. The van der Waals surface area contributed by atoms with E-state index in [-0.39, 0.29) is 0 Å². The molecule has 18 heavy (non-hydrogen) atoms. The van der Waals surface area contributed by atoms with Crippen LogP contribution in [-0.2, 0) is 0 Å². The van der Waals surface area contributed by atoms with Gasteiger partial charge in [0.25, 0.3) is 0 Å². The maximum Gasteiger partial charge on any atom is 0.172 e. The third-order valence-electron chi connectivity index (χ3n) is 3.18. The summed E-state index contributed by atoms with van der Waals surface area (Å²) in [5.74, 6) is 0.806.